The molecule has 0 unspecified atom stereocenters. The molecule has 1 amide bonds. The summed E-state index contributed by atoms with van der Waals surface area (Å²) in [4.78, 5) is 12.2. The molecule has 0 aromatic heterocycles. The molecule has 1 aliphatic rings. The Balaban J connectivity index is 1.94. The molecule has 1 aromatic rings. The van der Waals surface area contributed by atoms with Crippen molar-refractivity contribution in [2.45, 2.75) is 51.1 Å². The molecule has 0 spiro atoms. The minimum Gasteiger partial charge on any atom is -0.347 e. The Morgan fingerprint density at radius 3 is 2.58 bits per heavy atom. The number of amides is 1. The van der Waals surface area contributed by atoms with Crippen molar-refractivity contribution < 1.29 is 4.79 Å². The second-order valence-electron chi connectivity index (χ2n) is 6.10. The van der Waals surface area contributed by atoms with E-state index in [-0.39, 0.29) is 17.5 Å². The Hall–Kier alpha value is -1.35. The van der Waals surface area contributed by atoms with Crippen LogP contribution in [0.3, 0.4) is 0 Å². The summed E-state index contributed by atoms with van der Waals surface area (Å²) < 4.78 is 0. The molecule has 3 N–H and O–H groups in total. The average Bonchev–Trinajstić information content (AvgIpc) is 2.75. The van der Waals surface area contributed by atoms with E-state index >= 15 is 0 Å². The number of rotatable bonds is 4. The van der Waals surface area contributed by atoms with E-state index in [0.717, 1.165) is 24.8 Å². The van der Waals surface area contributed by atoms with Gasteiger partial charge in [-0.3, -0.25) is 4.79 Å². The van der Waals surface area contributed by atoms with Gasteiger partial charge >= 0.3 is 0 Å². The van der Waals surface area contributed by atoms with Gasteiger partial charge in [0.1, 0.15) is 0 Å². The number of hydrogen-bond acceptors (Lipinski definition) is 2. The number of carbonyl (C=O) groups excluding carboxylic acids is 1. The Morgan fingerprint density at radius 1 is 1.32 bits per heavy atom. The molecule has 19 heavy (non-hydrogen) atoms. The molecule has 3 nitrogen and oxygen atoms in total. The Kier molecular flexibility index (Phi) is 4.25. The highest BCUT2D eigenvalue weighted by Gasteiger charge is 2.28. The summed E-state index contributed by atoms with van der Waals surface area (Å²) in [5.74, 6) is 0.461. The number of nitrogens with two attached hydrogens (primary N) is 1. The first-order chi connectivity index (χ1) is 8.99. The fourth-order valence-corrected chi connectivity index (χ4v) is 2.88. The Bertz CT molecular complexity index is 428. The van der Waals surface area contributed by atoms with E-state index in [1.165, 1.54) is 0 Å². The van der Waals surface area contributed by atoms with Crippen LogP contribution in [-0.2, 0) is 10.3 Å². The monoisotopic (exact) mass is 260 g/mol. The van der Waals surface area contributed by atoms with E-state index in [4.69, 9.17) is 5.73 Å². The summed E-state index contributed by atoms with van der Waals surface area (Å²) in [6.45, 7) is 4.07. The standard InChI is InChI=1S/C16H24N2O/c1-16(2,13-8-4-3-5-9-13)18-15(19)11-12-7-6-10-14(12)17/h3-5,8-9,12,14H,6-7,10-11,17H2,1-2H3,(H,18,19)/t12-,14+/m0/s1. The van der Waals surface area contributed by atoms with E-state index in [9.17, 15) is 4.79 Å². The summed E-state index contributed by atoms with van der Waals surface area (Å²) in [6, 6.07) is 10.3. The van der Waals surface area contributed by atoms with E-state index in [2.05, 4.69) is 5.32 Å². The number of nitrogens with one attached hydrogen (secondary N) is 1. The quantitative estimate of drug-likeness (QED) is 0.874. The molecule has 2 atom stereocenters. The molecular formula is C16H24N2O. The first-order valence-corrected chi connectivity index (χ1v) is 7.11. The zero-order chi connectivity index (χ0) is 13.9. The summed E-state index contributed by atoms with van der Waals surface area (Å²) in [5, 5.41) is 3.13. The number of carbonyl (C=O) groups is 1. The molecule has 0 bridgehead atoms. The van der Waals surface area contributed by atoms with Gasteiger partial charge in [0.05, 0.1) is 5.54 Å². The fraction of sp³-hybridized carbons (Fsp3) is 0.562. The molecule has 104 valence electrons. The minimum atomic E-state index is -0.332. The molecule has 1 fully saturated rings. The highest BCUT2D eigenvalue weighted by atomic mass is 16.1. The van der Waals surface area contributed by atoms with Gasteiger partial charge in [0.2, 0.25) is 5.91 Å². The van der Waals surface area contributed by atoms with Crippen molar-refractivity contribution in [3.63, 3.8) is 0 Å². The third-order valence-corrected chi connectivity index (χ3v) is 4.11. The highest BCUT2D eigenvalue weighted by molar-refractivity contribution is 5.77. The van der Waals surface area contributed by atoms with Gasteiger partial charge in [-0.1, -0.05) is 36.8 Å². The first kappa shape index (κ1) is 14.1. The summed E-state index contributed by atoms with van der Waals surface area (Å²) in [7, 11) is 0. The van der Waals surface area contributed by atoms with Crippen molar-refractivity contribution in [3.8, 4) is 0 Å². The molecule has 0 saturated heterocycles. The predicted octanol–water partition coefficient (Wildman–Crippen LogP) is 2.56. The minimum absolute atomic E-state index is 0.108. The molecule has 1 aromatic carbocycles. The molecule has 0 radical (unpaired) electrons. The lowest BCUT2D eigenvalue weighted by Gasteiger charge is -2.28. The molecule has 3 heteroatoms. The van der Waals surface area contributed by atoms with Crippen molar-refractivity contribution in [2.24, 2.45) is 11.7 Å². The molecular weight excluding hydrogens is 236 g/mol. The van der Waals surface area contributed by atoms with Crippen molar-refractivity contribution >= 4 is 5.91 Å². The van der Waals surface area contributed by atoms with Gasteiger partial charge in [0.25, 0.3) is 0 Å². The average molecular weight is 260 g/mol. The van der Waals surface area contributed by atoms with Gasteiger partial charge in [-0.25, -0.2) is 0 Å². The largest absolute Gasteiger partial charge is 0.347 e. The maximum Gasteiger partial charge on any atom is 0.221 e. The Labute approximate surface area is 115 Å². The zero-order valence-electron chi connectivity index (χ0n) is 11.9. The molecule has 2 rings (SSSR count). The molecule has 0 aliphatic heterocycles. The smallest absolute Gasteiger partial charge is 0.221 e. The topological polar surface area (TPSA) is 55.1 Å². The predicted molar refractivity (Wildman–Crippen MR) is 77.5 cm³/mol. The van der Waals surface area contributed by atoms with Crippen molar-refractivity contribution in [3.05, 3.63) is 35.9 Å². The van der Waals surface area contributed by atoms with Crippen molar-refractivity contribution in [1.82, 2.24) is 5.32 Å². The van der Waals surface area contributed by atoms with Crippen LogP contribution >= 0.6 is 0 Å². The van der Waals surface area contributed by atoms with Crippen LogP contribution < -0.4 is 11.1 Å². The van der Waals surface area contributed by atoms with Gasteiger partial charge in [0, 0.05) is 12.5 Å². The summed E-state index contributed by atoms with van der Waals surface area (Å²) in [5.41, 5.74) is 6.81. The molecule has 0 heterocycles. The van der Waals surface area contributed by atoms with Gasteiger partial charge in [-0.15, -0.1) is 0 Å². The van der Waals surface area contributed by atoms with Crippen LogP contribution in [0.25, 0.3) is 0 Å². The van der Waals surface area contributed by atoms with E-state index < -0.39 is 0 Å². The highest BCUT2D eigenvalue weighted by Crippen LogP contribution is 2.27. The van der Waals surface area contributed by atoms with Crippen LogP contribution in [-0.4, -0.2) is 11.9 Å². The second-order valence-corrected chi connectivity index (χ2v) is 6.10. The summed E-state index contributed by atoms with van der Waals surface area (Å²) >= 11 is 0. The first-order valence-electron chi connectivity index (χ1n) is 7.11. The molecule has 1 saturated carbocycles. The third kappa shape index (κ3) is 3.57. The lowest BCUT2D eigenvalue weighted by molar-refractivity contribution is -0.123. The van der Waals surface area contributed by atoms with Crippen LogP contribution in [0.15, 0.2) is 30.3 Å². The van der Waals surface area contributed by atoms with Crippen LogP contribution in [0.5, 0.6) is 0 Å². The van der Waals surface area contributed by atoms with Crippen molar-refractivity contribution in [2.75, 3.05) is 0 Å². The maximum atomic E-state index is 12.2. The number of benzene rings is 1. The lowest BCUT2D eigenvalue weighted by Crippen LogP contribution is -2.42. The summed E-state index contributed by atoms with van der Waals surface area (Å²) in [6.07, 6.45) is 3.85. The fourth-order valence-electron chi connectivity index (χ4n) is 2.88. The van der Waals surface area contributed by atoms with Crippen molar-refractivity contribution in [1.29, 1.82) is 0 Å². The number of hydrogen-bond donors (Lipinski definition) is 2. The SMILES string of the molecule is CC(C)(NC(=O)C[C@@H]1CCC[C@H]1N)c1ccccc1. The van der Waals surface area contributed by atoms with E-state index in [0.29, 0.717) is 12.3 Å². The lowest BCUT2D eigenvalue weighted by atomic mass is 9.93. The van der Waals surface area contributed by atoms with Crippen LogP contribution in [0, 0.1) is 5.92 Å². The van der Waals surface area contributed by atoms with Crippen LogP contribution in [0.2, 0.25) is 0 Å². The van der Waals surface area contributed by atoms with E-state index in [1.54, 1.807) is 0 Å². The van der Waals surface area contributed by atoms with Crippen LogP contribution in [0.4, 0.5) is 0 Å². The van der Waals surface area contributed by atoms with Crippen LogP contribution in [0.1, 0.15) is 45.1 Å². The Morgan fingerprint density at radius 2 is 2.00 bits per heavy atom. The normalized spacial score (nSPS) is 23.3. The van der Waals surface area contributed by atoms with E-state index in [1.807, 2.05) is 44.2 Å². The third-order valence-electron chi connectivity index (χ3n) is 4.11. The van der Waals surface area contributed by atoms with Gasteiger partial charge < -0.3 is 11.1 Å². The zero-order valence-corrected chi connectivity index (χ0v) is 11.9. The maximum absolute atomic E-state index is 12.2. The van der Waals surface area contributed by atoms with Gasteiger partial charge in [-0.05, 0) is 38.2 Å². The van der Waals surface area contributed by atoms with Gasteiger partial charge in [0.15, 0.2) is 0 Å². The second kappa shape index (κ2) is 5.74. The molecule has 1 aliphatic carbocycles. The van der Waals surface area contributed by atoms with Gasteiger partial charge in [-0.2, -0.15) is 0 Å².